The van der Waals surface area contributed by atoms with E-state index in [2.05, 4.69) is 5.32 Å². The predicted molar refractivity (Wildman–Crippen MR) is 110 cm³/mol. The largest absolute Gasteiger partial charge is 0.461 e. The Morgan fingerprint density at radius 2 is 1.66 bits per heavy atom. The van der Waals surface area contributed by atoms with Crippen LogP contribution < -0.4 is 5.32 Å². The smallest absolute Gasteiger partial charge is 0.354 e. The van der Waals surface area contributed by atoms with Crippen molar-refractivity contribution in [3.63, 3.8) is 0 Å². The van der Waals surface area contributed by atoms with Crippen molar-refractivity contribution >= 4 is 25.5 Å². The average Bonchev–Trinajstić information content (AvgIpc) is 2.67. The van der Waals surface area contributed by atoms with E-state index in [-0.39, 0.29) is 18.7 Å². The van der Waals surface area contributed by atoms with Crippen molar-refractivity contribution in [2.75, 3.05) is 12.8 Å². The van der Waals surface area contributed by atoms with Gasteiger partial charge in [-0.1, -0.05) is 60.7 Å². The highest BCUT2D eigenvalue weighted by atomic mass is 31.2. The summed E-state index contributed by atoms with van der Waals surface area (Å²) in [5.41, 5.74) is 1.34. The van der Waals surface area contributed by atoms with Gasteiger partial charge in [0.15, 0.2) is 0 Å². The lowest BCUT2D eigenvalue weighted by Crippen LogP contribution is -2.36. The first kappa shape index (κ1) is 22.6. The quantitative estimate of drug-likeness (QED) is 0.329. The highest BCUT2D eigenvalue weighted by Crippen LogP contribution is 2.38. The lowest BCUT2D eigenvalue weighted by atomic mass is 10.00. The number of amides is 1. The molecule has 1 amide bonds. The molecule has 0 heterocycles. The van der Waals surface area contributed by atoms with Gasteiger partial charge in [-0.15, -0.1) is 0 Å². The molecular weight excluding hydrogens is 393 g/mol. The first-order chi connectivity index (χ1) is 13.8. The Hall–Kier alpha value is -2.73. The monoisotopic (exact) mass is 417 g/mol. The highest BCUT2D eigenvalue weighted by Gasteiger charge is 2.29. The first-order valence-electron chi connectivity index (χ1n) is 9.11. The Morgan fingerprint density at radius 1 is 1.07 bits per heavy atom. The summed E-state index contributed by atoms with van der Waals surface area (Å²) >= 11 is 0. The minimum absolute atomic E-state index is 0.0909. The SMILES string of the molecule is CCOC(=O)C(=Cc1ccccc1)NC(=O)C(Cc1ccccc1)CP(=O)(O)O. The second kappa shape index (κ2) is 10.7. The van der Waals surface area contributed by atoms with E-state index in [1.807, 2.05) is 12.1 Å². The van der Waals surface area contributed by atoms with Crippen molar-refractivity contribution in [2.45, 2.75) is 13.3 Å². The molecule has 1 unspecified atom stereocenters. The number of esters is 1. The Morgan fingerprint density at radius 3 is 2.21 bits per heavy atom. The number of nitrogens with one attached hydrogen (secondary N) is 1. The molecule has 0 radical (unpaired) electrons. The summed E-state index contributed by atoms with van der Waals surface area (Å²) in [6.45, 7) is 1.77. The summed E-state index contributed by atoms with van der Waals surface area (Å²) < 4.78 is 16.6. The van der Waals surface area contributed by atoms with Crippen molar-refractivity contribution in [3.05, 3.63) is 77.5 Å². The molecule has 1 atom stereocenters. The van der Waals surface area contributed by atoms with E-state index in [1.165, 1.54) is 6.08 Å². The molecule has 2 rings (SSSR count). The maximum atomic E-state index is 12.8. The van der Waals surface area contributed by atoms with E-state index >= 15 is 0 Å². The molecule has 154 valence electrons. The molecule has 0 saturated heterocycles. The van der Waals surface area contributed by atoms with Crippen LogP contribution in [0.15, 0.2) is 66.4 Å². The topological polar surface area (TPSA) is 113 Å². The Bertz CT molecular complexity index is 892. The molecule has 0 bridgehead atoms. The fraction of sp³-hybridized carbons (Fsp3) is 0.238. The second-order valence-corrected chi connectivity index (χ2v) is 8.11. The molecular formula is C21H24NO6P. The van der Waals surface area contributed by atoms with Crippen LogP contribution in [-0.2, 0) is 25.3 Å². The fourth-order valence-electron chi connectivity index (χ4n) is 2.73. The van der Waals surface area contributed by atoms with Crippen LogP contribution in [0.1, 0.15) is 18.1 Å². The molecule has 2 aromatic carbocycles. The van der Waals surface area contributed by atoms with E-state index in [1.54, 1.807) is 55.5 Å². The van der Waals surface area contributed by atoms with Gasteiger partial charge in [-0.05, 0) is 30.5 Å². The Labute approximate surface area is 169 Å². The predicted octanol–water partition coefficient (Wildman–Crippen LogP) is 2.74. The van der Waals surface area contributed by atoms with Gasteiger partial charge in [0.2, 0.25) is 5.91 Å². The zero-order valence-corrected chi connectivity index (χ0v) is 16.9. The van der Waals surface area contributed by atoms with Gasteiger partial charge in [-0.25, -0.2) is 4.79 Å². The molecule has 8 heteroatoms. The van der Waals surface area contributed by atoms with Gasteiger partial charge >= 0.3 is 13.6 Å². The van der Waals surface area contributed by atoms with Crippen molar-refractivity contribution in [1.82, 2.24) is 5.32 Å². The summed E-state index contributed by atoms with van der Waals surface area (Å²) in [7, 11) is -4.46. The number of ether oxygens (including phenoxy) is 1. The summed E-state index contributed by atoms with van der Waals surface area (Å²) in [4.78, 5) is 43.9. The molecule has 0 saturated carbocycles. The molecule has 0 aliphatic rings. The molecule has 0 aromatic heterocycles. The number of carbonyl (C=O) groups is 2. The van der Waals surface area contributed by atoms with Crippen molar-refractivity contribution in [2.24, 2.45) is 5.92 Å². The van der Waals surface area contributed by atoms with Crippen LogP contribution in [-0.4, -0.2) is 34.4 Å². The summed E-state index contributed by atoms with van der Waals surface area (Å²) in [5, 5.41) is 2.50. The molecule has 0 spiro atoms. The van der Waals surface area contributed by atoms with Crippen LogP contribution >= 0.6 is 7.60 Å². The maximum absolute atomic E-state index is 12.8. The summed E-state index contributed by atoms with van der Waals surface area (Å²) in [5.74, 6) is -2.40. The second-order valence-electron chi connectivity index (χ2n) is 6.41. The zero-order chi connectivity index (χ0) is 21.3. The third kappa shape index (κ3) is 8.03. The van der Waals surface area contributed by atoms with Gasteiger partial charge in [-0.3, -0.25) is 9.36 Å². The molecule has 29 heavy (non-hydrogen) atoms. The Kier molecular flexibility index (Phi) is 8.34. The van der Waals surface area contributed by atoms with E-state index in [0.29, 0.717) is 5.56 Å². The van der Waals surface area contributed by atoms with Gasteiger partial charge in [-0.2, -0.15) is 0 Å². The maximum Gasteiger partial charge on any atom is 0.354 e. The summed E-state index contributed by atoms with van der Waals surface area (Å²) in [6.07, 6.45) is 0.960. The van der Waals surface area contributed by atoms with Crippen LogP contribution in [0.3, 0.4) is 0 Å². The standard InChI is InChI=1S/C21H24NO6P/c1-2-28-21(24)19(14-17-11-7-4-8-12-17)22-20(23)18(15-29(25,26)27)13-16-9-5-3-6-10-16/h3-12,14,18H,2,13,15H2,1H3,(H,22,23)(H2,25,26,27). The number of carbonyl (C=O) groups excluding carboxylic acids is 2. The van der Waals surface area contributed by atoms with Gasteiger partial charge in [0.1, 0.15) is 5.70 Å². The summed E-state index contributed by atoms with van der Waals surface area (Å²) in [6, 6.07) is 17.8. The average molecular weight is 417 g/mol. The molecule has 0 fully saturated rings. The van der Waals surface area contributed by atoms with E-state index in [4.69, 9.17) is 4.74 Å². The molecule has 2 aromatic rings. The Balaban J connectivity index is 2.27. The van der Waals surface area contributed by atoms with Gasteiger partial charge in [0, 0.05) is 0 Å². The number of rotatable bonds is 9. The van der Waals surface area contributed by atoms with Gasteiger partial charge < -0.3 is 19.8 Å². The van der Waals surface area contributed by atoms with Crippen LogP contribution in [0, 0.1) is 5.92 Å². The molecule has 0 aliphatic carbocycles. The molecule has 3 N–H and O–H groups in total. The zero-order valence-electron chi connectivity index (χ0n) is 16.0. The van der Waals surface area contributed by atoms with Crippen LogP contribution in [0.25, 0.3) is 6.08 Å². The lowest BCUT2D eigenvalue weighted by molar-refractivity contribution is -0.140. The van der Waals surface area contributed by atoms with Crippen molar-refractivity contribution < 1.29 is 28.7 Å². The van der Waals surface area contributed by atoms with Crippen LogP contribution in [0.4, 0.5) is 0 Å². The van der Waals surface area contributed by atoms with Crippen molar-refractivity contribution in [1.29, 1.82) is 0 Å². The first-order valence-corrected chi connectivity index (χ1v) is 10.9. The van der Waals surface area contributed by atoms with Gasteiger partial charge in [0.25, 0.3) is 0 Å². The molecule has 7 nitrogen and oxygen atoms in total. The van der Waals surface area contributed by atoms with E-state index in [0.717, 1.165) is 5.56 Å². The third-order valence-electron chi connectivity index (χ3n) is 4.02. The normalized spacial score (nSPS) is 12.9. The van der Waals surface area contributed by atoms with E-state index < -0.39 is 31.6 Å². The third-order valence-corrected chi connectivity index (χ3v) is 4.93. The lowest BCUT2D eigenvalue weighted by Gasteiger charge is -2.18. The molecule has 0 aliphatic heterocycles. The number of benzene rings is 2. The number of hydrogen-bond donors (Lipinski definition) is 3. The minimum Gasteiger partial charge on any atom is -0.461 e. The van der Waals surface area contributed by atoms with Crippen LogP contribution in [0.5, 0.6) is 0 Å². The van der Waals surface area contributed by atoms with Gasteiger partial charge in [0.05, 0.1) is 18.7 Å². The fourth-order valence-corrected chi connectivity index (χ4v) is 3.60. The number of hydrogen-bond acceptors (Lipinski definition) is 4. The minimum atomic E-state index is -4.46. The van der Waals surface area contributed by atoms with E-state index in [9.17, 15) is 23.9 Å². The van der Waals surface area contributed by atoms with Crippen LogP contribution in [0.2, 0.25) is 0 Å². The van der Waals surface area contributed by atoms with Crippen molar-refractivity contribution in [3.8, 4) is 0 Å². The highest BCUT2D eigenvalue weighted by molar-refractivity contribution is 7.51.